The minimum atomic E-state index is -5.08. The van der Waals surface area contributed by atoms with Crippen molar-refractivity contribution in [2.45, 2.75) is 43.8 Å². The molecule has 1 saturated heterocycles. The average molecular weight is 428 g/mol. The van der Waals surface area contributed by atoms with Gasteiger partial charge in [0.2, 0.25) is 5.88 Å². The van der Waals surface area contributed by atoms with Crippen LogP contribution in [0.15, 0.2) is 36.8 Å². The molecule has 0 bridgehead atoms. The molecule has 3 heterocycles. The zero-order valence-corrected chi connectivity index (χ0v) is 16.3. The number of alkyl halides is 3. The van der Waals surface area contributed by atoms with Crippen LogP contribution in [0.25, 0.3) is 0 Å². The van der Waals surface area contributed by atoms with E-state index in [1.165, 1.54) is 5.56 Å². The zero-order chi connectivity index (χ0) is 21.7. The first kappa shape index (κ1) is 22.0. The van der Waals surface area contributed by atoms with Crippen molar-refractivity contribution >= 4 is 5.97 Å². The molecule has 1 saturated carbocycles. The van der Waals surface area contributed by atoms with E-state index in [1.807, 2.05) is 36.1 Å². The van der Waals surface area contributed by atoms with Gasteiger partial charge in [0, 0.05) is 50.2 Å². The molecular weight excluding hydrogens is 405 g/mol. The molecule has 2 aromatic rings. The fourth-order valence-corrected chi connectivity index (χ4v) is 3.67. The highest BCUT2D eigenvalue weighted by atomic mass is 19.4. The van der Waals surface area contributed by atoms with Crippen LogP contribution < -0.4 is 4.74 Å². The standard InChI is InChI=1S/C17H22N4O2.C2HF3O2/c1-20-11-13(10-19-20)12-21-8-9-22-17-14(21)5-6-15(17)23-16-4-2-3-7-18-16;3-2(4,5)1(6)7/h2-4,7,10-11,14-15,17H,5-6,8-9,12H2,1H3;(H,6,7)/t14-,15+,17+;/m0./s1. The van der Waals surface area contributed by atoms with Crippen LogP contribution >= 0.6 is 0 Å². The highest BCUT2D eigenvalue weighted by molar-refractivity contribution is 5.73. The first-order valence-corrected chi connectivity index (χ1v) is 9.45. The number of carboxylic acids is 1. The molecule has 1 N–H and O–H groups in total. The predicted octanol–water partition coefficient (Wildman–Crippen LogP) is 2.26. The summed E-state index contributed by atoms with van der Waals surface area (Å²) >= 11 is 0. The minimum Gasteiger partial charge on any atom is -0.475 e. The number of nitrogens with zero attached hydrogens (tertiary/aromatic N) is 4. The summed E-state index contributed by atoms with van der Waals surface area (Å²) in [7, 11) is 1.96. The number of fused-ring (bicyclic) bond motifs is 1. The van der Waals surface area contributed by atoms with Crippen LogP contribution in [0.5, 0.6) is 5.88 Å². The molecule has 0 aromatic carbocycles. The van der Waals surface area contributed by atoms with Gasteiger partial charge in [0.15, 0.2) is 0 Å². The Labute approximate surface area is 171 Å². The van der Waals surface area contributed by atoms with E-state index in [4.69, 9.17) is 19.4 Å². The second-order valence-corrected chi connectivity index (χ2v) is 7.10. The van der Waals surface area contributed by atoms with Crippen LogP contribution in [-0.2, 0) is 23.1 Å². The van der Waals surface area contributed by atoms with Crippen molar-refractivity contribution in [3.8, 4) is 5.88 Å². The van der Waals surface area contributed by atoms with Gasteiger partial charge in [-0.3, -0.25) is 9.58 Å². The van der Waals surface area contributed by atoms with Gasteiger partial charge in [0.05, 0.1) is 12.8 Å². The third-order valence-corrected chi connectivity index (χ3v) is 4.95. The van der Waals surface area contributed by atoms with Gasteiger partial charge >= 0.3 is 12.1 Å². The maximum atomic E-state index is 10.6. The number of aliphatic carboxylic acids is 1. The molecule has 0 spiro atoms. The molecule has 1 aliphatic heterocycles. The number of carbonyl (C=O) groups is 1. The SMILES string of the molecule is Cn1cc(CN2CCO[C@H]3[C@H](Oc4ccccn4)CC[C@@H]32)cn1.O=C(O)C(F)(F)F. The van der Waals surface area contributed by atoms with Crippen LogP contribution in [0.1, 0.15) is 18.4 Å². The first-order valence-electron chi connectivity index (χ1n) is 9.45. The molecule has 3 atom stereocenters. The Bertz CT molecular complexity index is 831. The second kappa shape index (κ2) is 9.43. The lowest BCUT2D eigenvalue weighted by Gasteiger charge is -2.38. The van der Waals surface area contributed by atoms with Gasteiger partial charge in [-0.25, -0.2) is 9.78 Å². The van der Waals surface area contributed by atoms with E-state index >= 15 is 0 Å². The van der Waals surface area contributed by atoms with Gasteiger partial charge in [-0.15, -0.1) is 0 Å². The van der Waals surface area contributed by atoms with Gasteiger partial charge in [-0.2, -0.15) is 18.3 Å². The Morgan fingerprint density at radius 3 is 2.73 bits per heavy atom. The normalized spacial score (nSPS) is 23.9. The summed E-state index contributed by atoms with van der Waals surface area (Å²) < 4.78 is 45.7. The number of morpholine rings is 1. The third-order valence-electron chi connectivity index (χ3n) is 4.95. The highest BCUT2D eigenvalue weighted by Gasteiger charge is 2.44. The smallest absolute Gasteiger partial charge is 0.475 e. The number of aromatic nitrogens is 3. The van der Waals surface area contributed by atoms with E-state index in [1.54, 1.807) is 6.20 Å². The fourth-order valence-electron chi connectivity index (χ4n) is 3.67. The van der Waals surface area contributed by atoms with Crippen LogP contribution in [0.2, 0.25) is 0 Å². The molecule has 0 unspecified atom stereocenters. The number of pyridine rings is 1. The Morgan fingerprint density at radius 1 is 1.37 bits per heavy atom. The van der Waals surface area contributed by atoms with Gasteiger partial charge in [-0.05, 0) is 18.9 Å². The van der Waals surface area contributed by atoms with Gasteiger partial charge in [-0.1, -0.05) is 6.07 Å². The Hall–Kier alpha value is -2.66. The van der Waals surface area contributed by atoms with E-state index < -0.39 is 12.1 Å². The second-order valence-electron chi connectivity index (χ2n) is 7.10. The van der Waals surface area contributed by atoms with E-state index in [0.717, 1.165) is 32.5 Å². The molecule has 1 aliphatic carbocycles. The summed E-state index contributed by atoms with van der Waals surface area (Å²) in [6.07, 6.45) is 3.03. The number of rotatable bonds is 4. The van der Waals surface area contributed by atoms with Crippen molar-refractivity contribution in [1.29, 1.82) is 0 Å². The number of ether oxygens (including phenoxy) is 2. The number of aryl methyl sites for hydroxylation is 1. The quantitative estimate of drug-likeness (QED) is 0.799. The molecule has 0 amide bonds. The highest BCUT2D eigenvalue weighted by Crippen LogP contribution is 2.33. The monoisotopic (exact) mass is 428 g/mol. The van der Waals surface area contributed by atoms with E-state index in [-0.39, 0.29) is 12.2 Å². The molecule has 2 fully saturated rings. The molecule has 0 radical (unpaired) electrons. The molecule has 11 heteroatoms. The van der Waals surface area contributed by atoms with E-state index in [9.17, 15) is 13.2 Å². The van der Waals surface area contributed by atoms with Gasteiger partial charge in [0.25, 0.3) is 0 Å². The predicted molar refractivity (Wildman–Crippen MR) is 98.7 cm³/mol. The average Bonchev–Trinajstić information content (AvgIpc) is 3.29. The largest absolute Gasteiger partial charge is 0.490 e. The van der Waals surface area contributed by atoms with E-state index in [2.05, 4.69) is 21.2 Å². The topological polar surface area (TPSA) is 89.7 Å². The lowest BCUT2D eigenvalue weighted by Crippen LogP contribution is -2.51. The van der Waals surface area contributed by atoms with Crippen molar-refractivity contribution in [3.63, 3.8) is 0 Å². The summed E-state index contributed by atoms with van der Waals surface area (Å²) in [5, 5.41) is 11.4. The Balaban J connectivity index is 0.000000318. The van der Waals surface area contributed by atoms with Crippen molar-refractivity contribution in [1.82, 2.24) is 19.7 Å². The molecule has 164 valence electrons. The third kappa shape index (κ3) is 5.70. The number of halogens is 3. The summed E-state index contributed by atoms with van der Waals surface area (Å²) in [6, 6.07) is 6.17. The van der Waals surface area contributed by atoms with Crippen molar-refractivity contribution < 1.29 is 32.5 Å². The summed E-state index contributed by atoms with van der Waals surface area (Å²) in [4.78, 5) is 15.7. The van der Waals surface area contributed by atoms with Crippen LogP contribution in [0, 0.1) is 0 Å². The number of hydrogen-bond donors (Lipinski definition) is 1. The summed E-state index contributed by atoms with van der Waals surface area (Å²) in [5.74, 6) is -2.07. The number of carboxylic acid groups (broad SMARTS) is 1. The zero-order valence-electron chi connectivity index (χ0n) is 16.3. The maximum Gasteiger partial charge on any atom is 0.490 e. The fraction of sp³-hybridized carbons (Fsp3) is 0.526. The molecule has 4 rings (SSSR count). The lowest BCUT2D eigenvalue weighted by molar-refractivity contribution is -0.192. The summed E-state index contributed by atoms with van der Waals surface area (Å²) in [5.41, 5.74) is 1.25. The maximum absolute atomic E-state index is 10.6. The molecule has 30 heavy (non-hydrogen) atoms. The van der Waals surface area contributed by atoms with Crippen LogP contribution in [0.4, 0.5) is 13.2 Å². The number of hydrogen-bond acceptors (Lipinski definition) is 6. The Kier molecular flexibility index (Phi) is 6.93. The minimum absolute atomic E-state index is 0.0894. The van der Waals surface area contributed by atoms with Crippen molar-refractivity contribution in [2.24, 2.45) is 7.05 Å². The molecule has 2 aliphatic rings. The molecule has 8 nitrogen and oxygen atoms in total. The first-order chi connectivity index (χ1) is 14.2. The summed E-state index contributed by atoms with van der Waals surface area (Å²) in [6.45, 7) is 2.64. The van der Waals surface area contributed by atoms with E-state index in [0.29, 0.717) is 11.9 Å². The van der Waals surface area contributed by atoms with Crippen LogP contribution in [0.3, 0.4) is 0 Å². The van der Waals surface area contributed by atoms with Crippen LogP contribution in [-0.4, -0.2) is 68.3 Å². The lowest BCUT2D eigenvalue weighted by atomic mass is 10.1. The molecular formula is C19H23F3N4O4. The van der Waals surface area contributed by atoms with Gasteiger partial charge < -0.3 is 14.6 Å². The molecule has 2 aromatic heterocycles. The van der Waals surface area contributed by atoms with Crippen molar-refractivity contribution in [3.05, 3.63) is 42.4 Å². The van der Waals surface area contributed by atoms with Crippen molar-refractivity contribution in [2.75, 3.05) is 13.2 Å². The van der Waals surface area contributed by atoms with Gasteiger partial charge in [0.1, 0.15) is 12.2 Å². The Morgan fingerprint density at radius 2 is 2.13 bits per heavy atom.